The maximum Gasteiger partial charge on any atom is 0.313 e. The number of nitrogens with one attached hydrogen (secondary N) is 1. The van der Waals surface area contributed by atoms with E-state index in [2.05, 4.69) is 5.32 Å². The Labute approximate surface area is 157 Å². The van der Waals surface area contributed by atoms with Crippen LogP contribution in [0.15, 0.2) is 84.9 Å². The van der Waals surface area contributed by atoms with Gasteiger partial charge in [-0.15, -0.1) is 0 Å². The van der Waals surface area contributed by atoms with Crippen LogP contribution in [0, 0.1) is 5.82 Å². The molecule has 0 aliphatic heterocycles. The molecule has 3 rings (SSSR count). The van der Waals surface area contributed by atoms with E-state index in [1.54, 1.807) is 0 Å². The molecule has 0 aliphatic carbocycles. The molecule has 3 aromatic carbocycles. The molecular formula is C22H19FN2O2. The highest BCUT2D eigenvalue weighted by Crippen LogP contribution is 2.13. The number of benzene rings is 3. The first-order valence-electron chi connectivity index (χ1n) is 8.55. The number of hydrogen-bond acceptors (Lipinski definition) is 2. The van der Waals surface area contributed by atoms with Crippen molar-refractivity contribution in [3.05, 3.63) is 102 Å². The van der Waals surface area contributed by atoms with Crippen LogP contribution in [0.2, 0.25) is 0 Å². The standard InChI is InChI=1S/C22H19FN2O2/c23-19-12-7-13-20(14-19)24-21(26)22(27)25(15-17-8-3-1-4-9-17)16-18-10-5-2-6-11-18/h1-14H,15-16H2,(H,24,26). The minimum absolute atomic E-state index is 0.243. The van der Waals surface area contributed by atoms with E-state index in [9.17, 15) is 14.0 Å². The van der Waals surface area contributed by atoms with Crippen molar-refractivity contribution in [2.45, 2.75) is 13.1 Å². The highest BCUT2D eigenvalue weighted by Gasteiger charge is 2.22. The fourth-order valence-electron chi connectivity index (χ4n) is 2.70. The number of anilines is 1. The van der Waals surface area contributed by atoms with Gasteiger partial charge < -0.3 is 10.2 Å². The van der Waals surface area contributed by atoms with Crippen LogP contribution in [-0.2, 0) is 22.7 Å². The van der Waals surface area contributed by atoms with Crippen molar-refractivity contribution in [2.75, 3.05) is 5.32 Å². The van der Waals surface area contributed by atoms with Crippen molar-refractivity contribution >= 4 is 17.5 Å². The summed E-state index contributed by atoms with van der Waals surface area (Å²) in [6, 6.07) is 24.4. The van der Waals surface area contributed by atoms with Gasteiger partial charge in [-0.2, -0.15) is 0 Å². The molecule has 0 saturated carbocycles. The fraction of sp³-hybridized carbons (Fsp3) is 0.0909. The third-order valence-corrected chi connectivity index (χ3v) is 4.00. The Kier molecular flexibility index (Phi) is 5.94. The van der Waals surface area contributed by atoms with Crippen LogP contribution in [-0.4, -0.2) is 16.7 Å². The van der Waals surface area contributed by atoms with E-state index < -0.39 is 17.6 Å². The molecule has 3 aromatic rings. The molecule has 0 fully saturated rings. The van der Waals surface area contributed by atoms with Gasteiger partial charge in [0.25, 0.3) is 0 Å². The molecule has 0 saturated heterocycles. The summed E-state index contributed by atoms with van der Waals surface area (Å²) in [4.78, 5) is 26.7. The molecule has 0 bridgehead atoms. The first-order valence-corrected chi connectivity index (χ1v) is 8.55. The molecule has 27 heavy (non-hydrogen) atoms. The van der Waals surface area contributed by atoms with E-state index in [1.165, 1.54) is 29.2 Å². The number of amides is 2. The smallest absolute Gasteiger partial charge is 0.313 e. The SMILES string of the molecule is O=C(Nc1cccc(F)c1)C(=O)N(Cc1ccccc1)Cc1ccccc1. The Balaban J connectivity index is 1.77. The molecule has 0 heterocycles. The minimum atomic E-state index is -0.799. The molecule has 4 nitrogen and oxygen atoms in total. The summed E-state index contributed by atoms with van der Waals surface area (Å²) in [6.45, 7) is 0.594. The largest absolute Gasteiger partial charge is 0.326 e. The average molecular weight is 362 g/mol. The summed E-state index contributed by atoms with van der Waals surface area (Å²) >= 11 is 0. The molecule has 0 spiro atoms. The maximum atomic E-state index is 13.3. The number of carbonyl (C=O) groups excluding carboxylic acids is 2. The van der Waals surface area contributed by atoms with Gasteiger partial charge in [0.15, 0.2) is 0 Å². The molecule has 1 N–H and O–H groups in total. The van der Waals surface area contributed by atoms with Crippen LogP contribution in [0.5, 0.6) is 0 Å². The van der Waals surface area contributed by atoms with Gasteiger partial charge >= 0.3 is 11.8 Å². The van der Waals surface area contributed by atoms with E-state index in [0.717, 1.165) is 11.1 Å². The van der Waals surface area contributed by atoms with Crippen molar-refractivity contribution in [2.24, 2.45) is 0 Å². The van der Waals surface area contributed by atoms with Gasteiger partial charge in [-0.3, -0.25) is 9.59 Å². The van der Waals surface area contributed by atoms with E-state index in [4.69, 9.17) is 0 Å². The van der Waals surface area contributed by atoms with Crippen LogP contribution >= 0.6 is 0 Å². The highest BCUT2D eigenvalue weighted by molar-refractivity contribution is 6.39. The summed E-state index contributed by atoms with van der Waals surface area (Å²) in [5.41, 5.74) is 2.08. The monoisotopic (exact) mass is 362 g/mol. The zero-order chi connectivity index (χ0) is 19.1. The minimum Gasteiger partial charge on any atom is -0.326 e. The Hall–Kier alpha value is -3.47. The predicted octanol–water partition coefficient (Wildman–Crippen LogP) is 3.99. The highest BCUT2D eigenvalue weighted by atomic mass is 19.1. The lowest BCUT2D eigenvalue weighted by molar-refractivity contribution is -0.144. The van der Waals surface area contributed by atoms with Crippen LogP contribution in [0.1, 0.15) is 11.1 Å². The lowest BCUT2D eigenvalue weighted by atomic mass is 10.1. The topological polar surface area (TPSA) is 49.4 Å². The van der Waals surface area contributed by atoms with Gasteiger partial charge in [-0.05, 0) is 29.3 Å². The Morgan fingerprint density at radius 3 is 1.85 bits per heavy atom. The third-order valence-electron chi connectivity index (χ3n) is 4.00. The summed E-state index contributed by atoms with van der Waals surface area (Å²) in [5, 5.41) is 2.46. The lowest BCUT2D eigenvalue weighted by Crippen LogP contribution is -2.38. The molecule has 0 aliphatic rings. The number of hydrogen-bond donors (Lipinski definition) is 1. The van der Waals surface area contributed by atoms with E-state index in [0.29, 0.717) is 13.1 Å². The van der Waals surface area contributed by atoms with E-state index in [-0.39, 0.29) is 5.69 Å². The van der Waals surface area contributed by atoms with Crippen LogP contribution in [0.4, 0.5) is 10.1 Å². The van der Waals surface area contributed by atoms with Gasteiger partial charge in [-0.1, -0.05) is 66.7 Å². The Morgan fingerprint density at radius 1 is 0.778 bits per heavy atom. The van der Waals surface area contributed by atoms with Crippen molar-refractivity contribution in [3.63, 3.8) is 0 Å². The first-order chi connectivity index (χ1) is 13.1. The molecule has 0 atom stereocenters. The number of rotatable bonds is 5. The van der Waals surface area contributed by atoms with Crippen molar-refractivity contribution < 1.29 is 14.0 Å². The van der Waals surface area contributed by atoms with E-state index in [1.807, 2.05) is 60.7 Å². The molecule has 0 aromatic heterocycles. The molecule has 0 unspecified atom stereocenters. The predicted molar refractivity (Wildman–Crippen MR) is 102 cm³/mol. The number of halogens is 1. The molecule has 2 amide bonds. The van der Waals surface area contributed by atoms with E-state index >= 15 is 0 Å². The molecule has 136 valence electrons. The van der Waals surface area contributed by atoms with Crippen molar-refractivity contribution in [3.8, 4) is 0 Å². The lowest BCUT2D eigenvalue weighted by Gasteiger charge is -2.22. The summed E-state index contributed by atoms with van der Waals surface area (Å²) in [7, 11) is 0. The maximum absolute atomic E-state index is 13.3. The second-order valence-electron chi connectivity index (χ2n) is 6.10. The van der Waals surface area contributed by atoms with Gasteiger partial charge in [0.2, 0.25) is 0 Å². The number of nitrogens with zero attached hydrogens (tertiary/aromatic N) is 1. The average Bonchev–Trinajstić information content (AvgIpc) is 2.68. The van der Waals surface area contributed by atoms with Crippen molar-refractivity contribution in [1.29, 1.82) is 0 Å². The second kappa shape index (κ2) is 8.76. The van der Waals surface area contributed by atoms with Crippen molar-refractivity contribution in [1.82, 2.24) is 4.90 Å². The second-order valence-corrected chi connectivity index (χ2v) is 6.10. The number of carbonyl (C=O) groups is 2. The third kappa shape index (κ3) is 5.25. The molecular weight excluding hydrogens is 343 g/mol. The summed E-state index contributed by atoms with van der Waals surface area (Å²) in [6.07, 6.45) is 0. The normalized spacial score (nSPS) is 10.3. The van der Waals surface area contributed by atoms with Crippen LogP contribution in [0.3, 0.4) is 0 Å². The molecule has 5 heteroatoms. The zero-order valence-electron chi connectivity index (χ0n) is 14.6. The zero-order valence-corrected chi connectivity index (χ0v) is 14.6. The first kappa shape index (κ1) is 18.3. The quantitative estimate of drug-likeness (QED) is 0.698. The summed E-state index contributed by atoms with van der Waals surface area (Å²) < 4.78 is 13.3. The van der Waals surface area contributed by atoms with Crippen LogP contribution < -0.4 is 5.32 Å². The fourth-order valence-corrected chi connectivity index (χ4v) is 2.70. The van der Waals surface area contributed by atoms with Crippen LogP contribution in [0.25, 0.3) is 0 Å². The Morgan fingerprint density at radius 2 is 1.33 bits per heavy atom. The summed E-state index contributed by atoms with van der Waals surface area (Å²) in [5.74, 6) is -1.95. The van der Waals surface area contributed by atoms with Gasteiger partial charge in [0, 0.05) is 18.8 Å². The van der Waals surface area contributed by atoms with Gasteiger partial charge in [0.1, 0.15) is 5.82 Å². The Bertz CT molecular complexity index is 872. The van der Waals surface area contributed by atoms with Gasteiger partial charge in [-0.25, -0.2) is 4.39 Å². The van der Waals surface area contributed by atoms with Gasteiger partial charge in [0.05, 0.1) is 0 Å². The molecule has 0 radical (unpaired) electrons.